The second-order valence-corrected chi connectivity index (χ2v) is 3.95. The minimum atomic E-state index is -0.484. The van der Waals surface area contributed by atoms with Crippen LogP contribution in [-0.4, -0.2) is 37.1 Å². The van der Waals surface area contributed by atoms with E-state index in [2.05, 4.69) is 15.4 Å². The van der Waals surface area contributed by atoms with Gasteiger partial charge in [-0.05, 0) is 27.2 Å². The zero-order valence-corrected chi connectivity index (χ0v) is 10.7. The lowest BCUT2D eigenvalue weighted by atomic mass is 10.2. The molecule has 0 aromatic rings. The minimum Gasteiger partial charge on any atom is -0.468 e. The molecular formula is C11H22N2O3. The zero-order chi connectivity index (χ0) is 12.7. The molecule has 2 N–H and O–H groups in total. The number of esters is 1. The van der Waals surface area contributed by atoms with E-state index in [0.29, 0.717) is 0 Å². The smallest absolute Gasteiger partial charge is 0.322 e. The van der Waals surface area contributed by atoms with E-state index in [1.165, 1.54) is 7.11 Å². The van der Waals surface area contributed by atoms with Gasteiger partial charge in [0, 0.05) is 6.04 Å². The number of ether oxygens (including phenoxy) is 1. The summed E-state index contributed by atoms with van der Waals surface area (Å²) in [6.07, 6.45) is 0.880. The van der Waals surface area contributed by atoms with E-state index in [9.17, 15) is 9.59 Å². The van der Waals surface area contributed by atoms with E-state index < -0.39 is 12.1 Å². The molecule has 0 saturated heterocycles. The van der Waals surface area contributed by atoms with Gasteiger partial charge in [0.25, 0.3) is 0 Å². The molecule has 3 unspecified atom stereocenters. The van der Waals surface area contributed by atoms with Crippen molar-refractivity contribution in [2.24, 2.45) is 0 Å². The van der Waals surface area contributed by atoms with Gasteiger partial charge >= 0.3 is 5.97 Å². The number of nitrogens with one attached hydrogen (secondary N) is 2. The quantitative estimate of drug-likeness (QED) is 0.650. The van der Waals surface area contributed by atoms with Crippen LogP contribution < -0.4 is 10.6 Å². The Morgan fingerprint density at radius 2 is 1.75 bits per heavy atom. The van der Waals surface area contributed by atoms with Gasteiger partial charge in [-0.15, -0.1) is 0 Å². The van der Waals surface area contributed by atoms with Crippen molar-refractivity contribution in [3.8, 4) is 0 Å². The molecule has 94 valence electrons. The molecule has 0 aliphatic carbocycles. The molecule has 0 heterocycles. The van der Waals surface area contributed by atoms with E-state index in [1.54, 1.807) is 13.8 Å². The van der Waals surface area contributed by atoms with Crippen LogP contribution in [0.3, 0.4) is 0 Å². The fourth-order valence-corrected chi connectivity index (χ4v) is 1.17. The van der Waals surface area contributed by atoms with E-state index >= 15 is 0 Å². The Bertz CT molecular complexity index is 243. The Morgan fingerprint density at radius 3 is 2.19 bits per heavy atom. The number of hydrogen-bond acceptors (Lipinski definition) is 4. The number of hydrogen-bond donors (Lipinski definition) is 2. The van der Waals surface area contributed by atoms with Crippen molar-refractivity contribution in [3.63, 3.8) is 0 Å². The predicted octanol–water partition coefficient (Wildman–Crippen LogP) is 0.441. The summed E-state index contributed by atoms with van der Waals surface area (Å²) < 4.78 is 4.56. The van der Waals surface area contributed by atoms with Crippen LogP contribution in [0.4, 0.5) is 0 Å². The number of methoxy groups -OCH3 is 1. The van der Waals surface area contributed by atoms with E-state index in [0.717, 1.165) is 6.42 Å². The second-order valence-electron chi connectivity index (χ2n) is 3.95. The van der Waals surface area contributed by atoms with Gasteiger partial charge in [-0.2, -0.15) is 0 Å². The largest absolute Gasteiger partial charge is 0.468 e. The molecule has 5 heteroatoms. The van der Waals surface area contributed by atoms with Crippen molar-refractivity contribution in [3.05, 3.63) is 0 Å². The Morgan fingerprint density at radius 1 is 1.19 bits per heavy atom. The highest BCUT2D eigenvalue weighted by Crippen LogP contribution is 1.93. The minimum absolute atomic E-state index is 0.106. The molecule has 1 amide bonds. The maximum Gasteiger partial charge on any atom is 0.322 e. The normalized spacial score (nSPS) is 16.1. The fourth-order valence-electron chi connectivity index (χ4n) is 1.17. The summed E-state index contributed by atoms with van der Waals surface area (Å²) in [6, 6.07) is -0.754. The molecule has 0 radical (unpaired) electrons. The van der Waals surface area contributed by atoms with Crippen molar-refractivity contribution in [1.29, 1.82) is 0 Å². The molecule has 16 heavy (non-hydrogen) atoms. The van der Waals surface area contributed by atoms with Crippen LogP contribution in [0.5, 0.6) is 0 Å². The van der Waals surface area contributed by atoms with Gasteiger partial charge in [0.05, 0.1) is 13.2 Å². The fraction of sp³-hybridized carbons (Fsp3) is 0.818. The highest BCUT2D eigenvalue weighted by Gasteiger charge is 2.20. The van der Waals surface area contributed by atoms with Gasteiger partial charge in [0.2, 0.25) is 5.91 Å². The highest BCUT2D eigenvalue weighted by molar-refractivity contribution is 5.83. The Kier molecular flexibility index (Phi) is 6.72. The average molecular weight is 230 g/mol. The van der Waals surface area contributed by atoms with Crippen LogP contribution in [0.25, 0.3) is 0 Å². The van der Waals surface area contributed by atoms with Crippen molar-refractivity contribution in [2.45, 2.75) is 52.2 Å². The van der Waals surface area contributed by atoms with Gasteiger partial charge in [0.1, 0.15) is 6.04 Å². The molecular weight excluding hydrogens is 208 g/mol. The van der Waals surface area contributed by atoms with Crippen molar-refractivity contribution in [2.75, 3.05) is 7.11 Å². The number of rotatable bonds is 6. The van der Waals surface area contributed by atoms with Crippen LogP contribution >= 0.6 is 0 Å². The summed E-state index contributed by atoms with van der Waals surface area (Å²) in [5, 5.41) is 5.71. The SMILES string of the molecule is CCC(C)NC(=O)C(C)NC(C)C(=O)OC. The average Bonchev–Trinajstić information content (AvgIpc) is 2.27. The lowest BCUT2D eigenvalue weighted by Gasteiger charge is -2.20. The third-order valence-electron chi connectivity index (χ3n) is 2.45. The molecule has 5 nitrogen and oxygen atoms in total. The molecule has 0 spiro atoms. The third kappa shape index (κ3) is 5.11. The first kappa shape index (κ1) is 14.9. The summed E-state index contributed by atoms with van der Waals surface area (Å²) in [5.74, 6) is -0.478. The van der Waals surface area contributed by atoms with Gasteiger partial charge in [-0.25, -0.2) is 0 Å². The zero-order valence-electron chi connectivity index (χ0n) is 10.7. The maximum absolute atomic E-state index is 11.6. The van der Waals surface area contributed by atoms with Gasteiger partial charge in [0.15, 0.2) is 0 Å². The van der Waals surface area contributed by atoms with E-state index in [-0.39, 0.29) is 17.9 Å². The first-order chi connectivity index (χ1) is 7.42. The van der Waals surface area contributed by atoms with Gasteiger partial charge in [-0.3, -0.25) is 14.9 Å². The number of carbonyl (C=O) groups is 2. The first-order valence-corrected chi connectivity index (χ1v) is 5.56. The van der Waals surface area contributed by atoms with Gasteiger partial charge < -0.3 is 10.1 Å². The van der Waals surface area contributed by atoms with Crippen LogP contribution in [0.1, 0.15) is 34.1 Å². The summed E-state index contributed by atoms with van der Waals surface area (Å²) in [5.41, 5.74) is 0. The summed E-state index contributed by atoms with van der Waals surface area (Å²) in [7, 11) is 1.32. The molecule has 0 aromatic heterocycles. The van der Waals surface area contributed by atoms with Crippen molar-refractivity contribution >= 4 is 11.9 Å². The van der Waals surface area contributed by atoms with Crippen molar-refractivity contribution < 1.29 is 14.3 Å². The van der Waals surface area contributed by atoms with E-state index in [1.807, 2.05) is 13.8 Å². The van der Waals surface area contributed by atoms with Crippen LogP contribution in [0, 0.1) is 0 Å². The molecule has 0 rings (SSSR count). The Balaban J connectivity index is 4.09. The maximum atomic E-state index is 11.6. The second kappa shape index (κ2) is 7.22. The van der Waals surface area contributed by atoms with Crippen molar-refractivity contribution in [1.82, 2.24) is 10.6 Å². The lowest BCUT2D eigenvalue weighted by Crippen LogP contribution is -2.50. The Labute approximate surface area is 96.9 Å². The molecule has 0 aromatic carbocycles. The lowest BCUT2D eigenvalue weighted by molar-refractivity contribution is -0.143. The monoisotopic (exact) mass is 230 g/mol. The van der Waals surface area contributed by atoms with Crippen LogP contribution in [0.2, 0.25) is 0 Å². The Hall–Kier alpha value is -1.10. The van der Waals surface area contributed by atoms with Gasteiger partial charge in [-0.1, -0.05) is 6.92 Å². The molecule has 3 atom stereocenters. The molecule has 0 fully saturated rings. The molecule has 0 bridgehead atoms. The number of carbonyl (C=O) groups excluding carboxylic acids is 2. The molecule has 0 aliphatic rings. The number of amides is 1. The highest BCUT2D eigenvalue weighted by atomic mass is 16.5. The summed E-state index contributed by atoms with van der Waals surface area (Å²) in [6.45, 7) is 7.32. The standard InChI is InChI=1S/C11H22N2O3/c1-6-7(2)12-10(14)8(3)13-9(4)11(15)16-5/h7-9,13H,6H2,1-5H3,(H,12,14). The summed E-state index contributed by atoms with van der Waals surface area (Å²) in [4.78, 5) is 22.8. The molecule has 0 saturated carbocycles. The first-order valence-electron chi connectivity index (χ1n) is 5.56. The van der Waals surface area contributed by atoms with Crippen LogP contribution in [0.15, 0.2) is 0 Å². The summed E-state index contributed by atoms with van der Waals surface area (Å²) >= 11 is 0. The predicted molar refractivity (Wildman–Crippen MR) is 62.0 cm³/mol. The van der Waals surface area contributed by atoms with E-state index in [4.69, 9.17) is 0 Å². The topological polar surface area (TPSA) is 67.4 Å². The third-order valence-corrected chi connectivity index (χ3v) is 2.45. The molecule has 0 aliphatic heterocycles. The van der Waals surface area contributed by atoms with Crippen LogP contribution in [-0.2, 0) is 14.3 Å².